The summed E-state index contributed by atoms with van der Waals surface area (Å²) in [4.78, 5) is 25.3. The van der Waals surface area contributed by atoms with Crippen LogP contribution in [0.2, 0.25) is 0 Å². The molecule has 3 fully saturated rings. The van der Waals surface area contributed by atoms with Gasteiger partial charge in [0.15, 0.2) is 0 Å². The molecular formula is C29H44O2. The molecule has 0 bridgehead atoms. The maximum absolute atomic E-state index is 12.7. The maximum Gasteiger partial charge on any atom is 0.135 e. The van der Waals surface area contributed by atoms with E-state index in [1.807, 2.05) is 0 Å². The van der Waals surface area contributed by atoms with Crippen LogP contribution in [-0.2, 0) is 9.59 Å². The maximum atomic E-state index is 12.7. The highest BCUT2D eigenvalue weighted by Gasteiger charge is 2.34. The predicted molar refractivity (Wildman–Crippen MR) is 128 cm³/mol. The van der Waals surface area contributed by atoms with E-state index in [0.29, 0.717) is 36.2 Å². The SMILES string of the molecule is O=C(CCCC(=O)C1CCC2CCCCC2C1)CC1CCC(CC2=CC=CCC2)CC1. The van der Waals surface area contributed by atoms with Crippen molar-refractivity contribution in [2.24, 2.45) is 29.6 Å². The molecule has 0 aromatic heterocycles. The van der Waals surface area contributed by atoms with Crippen LogP contribution in [0.1, 0.15) is 116 Å². The van der Waals surface area contributed by atoms with Crippen LogP contribution in [0.25, 0.3) is 0 Å². The van der Waals surface area contributed by atoms with Crippen LogP contribution in [0.5, 0.6) is 0 Å². The van der Waals surface area contributed by atoms with Gasteiger partial charge in [-0.15, -0.1) is 0 Å². The summed E-state index contributed by atoms with van der Waals surface area (Å²) < 4.78 is 0. The first kappa shape index (κ1) is 23.0. The van der Waals surface area contributed by atoms with Crippen molar-refractivity contribution in [3.05, 3.63) is 23.8 Å². The molecular weight excluding hydrogens is 380 g/mol. The van der Waals surface area contributed by atoms with Crippen molar-refractivity contribution < 1.29 is 9.59 Å². The van der Waals surface area contributed by atoms with E-state index < -0.39 is 0 Å². The highest BCUT2D eigenvalue weighted by molar-refractivity contribution is 5.82. The first-order valence-corrected chi connectivity index (χ1v) is 13.6. The van der Waals surface area contributed by atoms with Gasteiger partial charge < -0.3 is 0 Å². The molecule has 3 unspecified atom stereocenters. The van der Waals surface area contributed by atoms with Gasteiger partial charge in [-0.2, -0.15) is 0 Å². The molecule has 172 valence electrons. The third kappa shape index (κ3) is 6.90. The number of carbonyl (C=O) groups excluding carboxylic acids is 2. The van der Waals surface area contributed by atoms with E-state index >= 15 is 0 Å². The zero-order chi connectivity index (χ0) is 21.5. The van der Waals surface area contributed by atoms with Gasteiger partial charge in [-0.1, -0.05) is 49.5 Å². The largest absolute Gasteiger partial charge is 0.300 e. The third-order valence-corrected chi connectivity index (χ3v) is 9.01. The molecule has 3 saturated carbocycles. The van der Waals surface area contributed by atoms with E-state index in [1.165, 1.54) is 77.0 Å². The molecule has 0 aliphatic heterocycles. The van der Waals surface area contributed by atoms with Crippen LogP contribution in [0.3, 0.4) is 0 Å². The van der Waals surface area contributed by atoms with E-state index in [1.54, 1.807) is 5.57 Å². The number of ketones is 2. The Balaban J connectivity index is 1.08. The zero-order valence-corrected chi connectivity index (χ0v) is 19.7. The van der Waals surface area contributed by atoms with Crippen molar-refractivity contribution in [1.82, 2.24) is 0 Å². The average molecular weight is 425 g/mol. The molecule has 4 rings (SSSR count). The first-order chi connectivity index (χ1) is 15.2. The second-order valence-corrected chi connectivity index (χ2v) is 11.3. The predicted octanol–water partition coefficient (Wildman–Crippen LogP) is 7.76. The van der Waals surface area contributed by atoms with Crippen molar-refractivity contribution in [2.45, 2.75) is 116 Å². The average Bonchev–Trinajstić information content (AvgIpc) is 2.80. The monoisotopic (exact) mass is 424 g/mol. The van der Waals surface area contributed by atoms with Crippen molar-refractivity contribution in [1.29, 1.82) is 0 Å². The minimum atomic E-state index is 0.305. The van der Waals surface area contributed by atoms with Crippen LogP contribution < -0.4 is 0 Å². The number of hydrogen-bond acceptors (Lipinski definition) is 2. The quantitative estimate of drug-likeness (QED) is 0.379. The van der Waals surface area contributed by atoms with Gasteiger partial charge in [0.1, 0.15) is 11.6 Å². The van der Waals surface area contributed by atoms with Gasteiger partial charge in [0.05, 0.1) is 0 Å². The smallest absolute Gasteiger partial charge is 0.135 e. The van der Waals surface area contributed by atoms with E-state index in [-0.39, 0.29) is 0 Å². The minimum Gasteiger partial charge on any atom is -0.300 e. The summed E-state index contributed by atoms with van der Waals surface area (Å²) in [6.07, 6.45) is 27.5. The van der Waals surface area contributed by atoms with Crippen molar-refractivity contribution in [2.75, 3.05) is 0 Å². The fourth-order valence-electron chi connectivity index (χ4n) is 7.09. The summed E-state index contributed by atoms with van der Waals surface area (Å²) in [7, 11) is 0. The Labute approximate surface area is 190 Å². The molecule has 0 heterocycles. The highest BCUT2D eigenvalue weighted by atomic mass is 16.1. The van der Waals surface area contributed by atoms with Gasteiger partial charge in [0.25, 0.3) is 0 Å². The summed E-state index contributed by atoms with van der Waals surface area (Å²) in [5.74, 6) is 4.34. The standard InChI is InChI=1S/C29H44O2/c30-28(20-24-15-13-23(14-16-24)19-22-7-2-1-3-8-22)11-6-12-29(31)27-18-17-25-9-4-5-10-26(25)21-27/h1-2,7,23-27H,3-6,8-21H2. The Bertz CT molecular complexity index is 664. The summed E-state index contributed by atoms with van der Waals surface area (Å²) in [5, 5.41) is 0. The van der Waals surface area contributed by atoms with Gasteiger partial charge in [-0.25, -0.2) is 0 Å². The lowest BCUT2D eigenvalue weighted by Gasteiger charge is -2.38. The molecule has 0 amide bonds. The zero-order valence-electron chi connectivity index (χ0n) is 19.7. The summed E-state index contributed by atoms with van der Waals surface area (Å²) in [5.41, 5.74) is 1.63. The number of carbonyl (C=O) groups is 2. The van der Waals surface area contributed by atoms with Crippen molar-refractivity contribution >= 4 is 11.6 Å². The number of fused-ring (bicyclic) bond motifs is 1. The molecule has 0 radical (unpaired) electrons. The van der Waals surface area contributed by atoms with E-state index in [2.05, 4.69) is 18.2 Å². The molecule has 2 heteroatoms. The van der Waals surface area contributed by atoms with Gasteiger partial charge in [-0.05, 0) is 94.3 Å². The van der Waals surface area contributed by atoms with E-state index in [0.717, 1.165) is 43.4 Å². The highest BCUT2D eigenvalue weighted by Crippen LogP contribution is 2.43. The second-order valence-electron chi connectivity index (χ2n) is 11.3. The van der Waals surface area contributed by atoms with Crippen molar-refractivity contribution in [3.63, 3.8) is 0 Å². The van der Waals surface area contributed by atoms with Gasteiger partial charge in [0, 0.05) is 25.2 Å². The number of hydrogen-bond donors (Lipinski definition) is 0. The molecule has 3 atom stereocenters. The normalized spacial score (nSPS) is 33.4. The molecule has 4 aliphatic rings. The topological polar surface area (TPSA) is 34.1 Å². The Hall–Kier alpha value is -1.18. The Morgan fingerprint density at radius 3 is 2.39 bits per heavy atom. The Morgan fingerprint density at radius 1 is 0.839 bits per heavy atom. The summed E-state index contributed by atoms with van der Waals surface area (Å²) in [6, 6.07) is 0. The van der Waals surface area contributed by atoms with E-state index in [4.69, 9.17) is 0 Å². The molecule has 0 saturated heterocycles. The molecule has 31 heavy (non-hydrogen) atoms. The van der Waals surface area contributed by atoms with Crippen LogP contribution in [-0.4, -0.2) is 11.6 Å². The first-order valence-electron chi connectivity index (χ1n) is 13.6. The fraction of sp³-hybridized carbons (Fsp3) is 0.793. The van der Waals surface area contributed by atoms with Gasteiger partial charge >= 0.3 is 0 Å². The number of rotatable bonds is 9. The molecule has 4 aliphatic carbocycles. The molecule has 0 N–H and O–H groups in total. The Kier molecular flexibility index (Phi) is 8.62. The van der Waals surface area contributed by atoms with Crippen LogP contribution in [0.4, 0.5) is 0 Å². The lowest BCUT2D eigenvalue weighted by Crippen LogP contribution is -2.31. The summed E-state index contributed by atoms with van der Waals surface area (Å²) >= 11 is 0. The Morgan fingerprint density at radius 2 is 1.61 bits per heavy atom. The minimum absolute atomic E-state index is 0.305. The van der Waals surface area contributed by atoms with E-state index in [9.17, 15) is 9.59 Å². The lowest BCUT2D eigenvalue weighted by molar-refractivity contribution is -0.125. The van der Waals surface area contributed by atoms with Crippen molar-refractivity contribution in [3.8, 4) is 0 Å². The van der Waals surface area contributed by atoms with Crippen LogP contribution in [0.15, 0.2) is 23.8 Å². The molecule has 2 nitrogen and oxygen atoms in total. The third-order valence-electron chi connectivity index (χ3n) is 9.01. The number of Topliss-reactive ketones (excluding diaryl/α,β-unsaturated/α-hetero) is 2. The molecule has 0 aromatic carbocycles. The summed E-state index contributed by atoms with van der Waals surface area (Å²) in [6.45, 7) is 0. The lowest BCUT2D eigenvalue weighted by atomic mass is 9.66. The second kappa shape index (κ2) is 11.6. The van der Waals surface area contributed by atoms with Crippen LogP contribution >= 0.6 is 0 Å². The fourth-order valence-corrected chi connectivity index (χ4v) is 7.09. The van der Waals surface area contributed by atoms with Crippen LogP contribution in [0, 0.1) is 29.6 Å². The molecule has 0 aromatic rings. The molecule has 0 spiro atoms. The van der Waals surface area contributed by atoms with Gasteiger partial charge in [0.2, 0.25) is 0 Å². The number of allylic oxidation sites excluding steroid dienone is 4. The van der Waals surface area contributed by atoms with Gasteiger partial charge in [-0.3, -0.25) is 9.59 Å².